The van der Waals surface area contributed by atoms with Gasteiger partial charge in [-0.1, -0.05) is 91.0 Å². The van der Waals surface area contributed by atoms with Gasteiger partial charge in [0.05, 0.1) is 22.1 Å². The number of para-hydroxylation sites is 3. The molecule has 4 heterocycles. The number of aromatic nitrogens is 3. The van der Waals surface area contributed by atoms with Crippen LogP contribution >= 0.6 is 11.3 Å². The summed E-state index contributed by atoms with van der Waals surface area (Å²) in [5, 5.41) is 7.47. The van der Waals surface area contributed by atoms with Crippen molar-refractivity contribution in [2.24, 2.45) is 0 Å². The van der Waals surface area contributed by atoms with Crippen LogP contribution in [0.3, 0.4) is 0 Å². The van der Waals surface area contributed by atoms with Crippen LogP contribution in [0.5, 0.6) is 0 Å². The zero-order chi connectivity index (χ0) is 33.5. The summed E-state index contributed by atoms with van der Waals surface area (Å²) in [6.07, 6.45) is 3.87. The molecule has 11 rings (SSSR count). The molecular formula is C47H29N3S. The minimum atomic E-state index is 1.16. The van der Waals surface area contributed by atoms with E-state index in [9.17, 15) is 0 Å². The maximum absolute atomic E-state index is 4.44. The Morgan fingerprint density at radius 3 is 1.59 bits per heavy atom. The normalized spacial score (nSPS) is 11.9. The van der Waals surface area contributed by atoms with Crippen molar-refractivity contribution in [3.8, 4) is 33.6 Å². The Balaban J connectivity index is 1.09. The van der Waals surface area contributed by atoms with Crippen LogP contribution in [0.25, 0.3) is 97.4 Å². The topological polar surface area (TPSA) is 22.8 Å². The molecule has 0 aliphatic carbocycles. The number of hydrogen-bond acceptors (Lipinski definition) is 2. The van der Waals surface area contributed by atoms with Crippen LogP contribution in [0.2, 0.25) is 0 Å². The van der Waals surface area contributed by atoms with E-state index in [1.807, 2.05) is 23.7 Å². The van der Waals surface area contributed by atoms with Crippen molar-refractivity contribution >= 4 is 75.1 Å². The Morgan fingerprint density at radius 2 is 0.922 bits per heavy atom. The van der Waals surface area contributed by atoms with Crippen LogP contribution in [0.15, 0.2) is 176 Å². The predicted octanol–water partition coefficient (Wildman–Crippen LogP) is 13.0. The third-order valence-corrected chi connectivity index (χ3v) is 11.6. The van der Waals surface area contributed by atoms with E-state index in [0.29, 0.717) is 0 Å². The smallest absolute Gasteiger partial charge is 0.0541 e. The van der Waals surface area contributed by atoms with E-state index in [1.165, 1.54) is 91.7 Å². The zero-order valence-corrected chi connectivity index (χ0v) is 28.3. The van der Waals surface area contributed by atoms with Gasteiger partial charge in [-0.15, -0.1) is 11.3 Å². The number of fused-ring (bicyclic) bond motifs is 9. The van der Waals surface area contributed by atoms with Crippen molar-refractivity contribution in [1.29, 1.82) is 0 Å². The number of hydrogen-bond donors (Lipinski definition) is 0. The summed E-state index contributed by atoms with van der Waals surface area (Å²) in [4.78, 5) is 4.44. The molecule has 4 aromatic heterocycles. The quantitative estimate of drug-likeness (QED) is 0.183. The SMILES string of the molecule is c1ccc(-n2c3ccccc3c3cc(-c4ccccc4-c4ccc5c(c4)c4ccccc4n5-c4ccc5sc6ccncc6c5c4)ccc32)cc1. The van der Waals surface area contributed by atoms with Gasteiger partial charge in [-0.3, -0.25) is 4.98 Å². The predicted molar refractivity (Wildman–Crippen MR) is 217 cm³/mol. The summed E-state index contributed by atoms with van der Waals surface area (Å²) >= 11 is 1.82. The molecule has 0 fully saturated rings. The average Bonchev–Trinajstić information content (AvgIpc) is 3.85. The van der Waals surface area contributed by atoms with E-state index < -0.39 is 0 Å². The second kappa shape index (κ2) is 11.0. The number of thiophene rings is 1. The minimum Gasteiger partial charge on any atom is -0.309 e. The fourth-order valence-electron chi connectivity index (χ4n) is 8.15. The van der Waals surface area contributed by atoms with Crippen LogP contribution in [0.4, 0.5) is 0 Å². The molecule has 0 aliphatic heterocycles. The van der Waals surface area contributed by atoms with Crippen LogP contribution < -0.4 is 0 Å². The van der Waals surface area contributed by atoms with Crippen LogP contribution in [-0.2, 0) is 0 Å². The Kier molecular flexibility index (Phi) is 6.12. The molecule has 0 N–H and O–H groups in total. The van der Waals surface area contributed by atoms with Gasteiger partial charge in [-0.2, -0.15) is 0 Å². The summed E-state index contributed by atoms with van der Waals surface area (Å²) in [5.41, 5.74) is 12.0. The fourth-order valence-corrected chi connectivity index (χ4v) is 9.20. The van der Waals surface area contributed by atoms with Gasteiger partial charge >= 0.3 is 0 Å². The second-order valence-corrected chi connectivity index (χ2v) is 14.3. The molecule has 7 aromatic carbocycles. The first-order chi connectivity index (χ1) is 25.3. The summed E-state index contributed by atoms with van der Waals surface area (Å²) in [6, 6.07) is 59.9. The molecule has 0 atom stereocenters. The highest BCUT2D eigenvalue weighted by Gasteiger charge is 2.18. The lowest BCUT2D eigenvalue weighted by atomic mass is 9.93. The number of nitrogens with zero attached hydrogens (tertiary/aromatic N) is 3. The Bertz CT molecular complexity index is 3140. The molecule has 11 aromatic rings. The van der Waals surface area contributed by atoms with Crippen molar-refractivity contribution in [3.63, 3.8) is 0 Å². The van der Waals surface area contributed by atoms with Gasteiger partial charge < -0.3 is 9.13 Å². The van der Waals surface area contributed by atoms with Gasteiger partial charge in [0.1, 0.15) is 0 Å². The molecular weight excluding hydrogens is 639 g/mol. The first-order valence-electron chi connectivity index (χ1n) is 17.3. The fraction of sp³-hybridized carbons (Fsp3) is 0. The summed E-state index contributed by atoms with van der Waals surface area (Å²) < 4.78 is 7.34. The van der Waals surface area contributed by atoms with E-state index in [1.54, 1.807) is 0 Å². The lowest BCUT2D eigenvalue weighted by Crippen LogP contribution is -1.93. The van der Waals surface area contributed by atoms with Crippen molar-refractivity contribution < 1.29 is 0 Å². The molecule has 3 nitrogen and oxygen atoms in total. The molecule has 0 saturated carbocycles. The Morgan fingerprint density at radius 1 is 0.373 bits per heavy atom. The largest absolute Gasteiger partial charge is 0.309 e. The third kappa shape index (κ3) is 4.27. The molecule has 0 radical (unpaired) electrons. The van der Waals surface area contributed by atoms with Gasteiger partial charge in [-0.25, -0.2) is 0 Å². The van der Waals surface area contributed by atoms with Gasteiger partial charge in [0, 0.05) is 65.5 Å². The molecule has 0 amide bonds. The first kappa shape index (κ1) is 28.4. The lowest BCUT2D eigenvalue weighted by molar-refractivity contribution is 1.18. The van der Waals surface area contributed by atoms with E-state index in [0.717, 1.165) is 5.69 Å². The van der Waals surface area contributed by atoms with Gasteiger partial charge in [0.15, 0.2) is 0 Å². The standard InChI is InChI=1S/C47H29N3S/c1-2-10-32(11-3-1)49-42-16-8-6-14-36(42)38-26-30(18-21-44(38)49)34-12-4-5-13-35(34)31-19-22-45-39(27-31)37-15-7-9-17-43(37)50(45)33-20-23-46-40(28-33)41-29-48-25-24-47(41)51-46/h1-29H. The van der Waals surface area contributed by atoms with Crippen LogP contribution in [-0.4, -0.2) is 14.1 Å². The molecule has 0 aliphatic rings. The van der Waals surface area contributed by atoms with Gasteiger partial charge in [0.25, 0.3) is 0 Å². The highest BCUT2D eigenvalue weighted by Crippen LogP contribution is 2.41. The molecule has 0 unspecified atom stereocenters. The molecule has 0 saturated heterocycles. The van der Waals surface area contributed by atoms with Crippen molar-refractivity contribution in [1.82, 2.24) is 14.1 Å². The van der Waals surface area contributed by atoms with Gasteiger partial charge in [0.2, 0.25) is 0 Å². The lowest BCUT2D eigenvalue weighted by Gasteiger charge is -2.12. The molecule has 51 heavy (non-hydrogen) atoms. The summed E-state index contributed by atoms with van der Waals surface area (Å²) in [7, 11) is 0. The minimum absolute atomic E-state index is 1.16. The van der Waals surface area contributed by atoms with Gasteiger partial charge in [-0.05, 0) is 95.1 Å². The van der Waals surface area contributed by atoms with E-state index in [-0.39, 0.29) is 0 Å². The Hall–Kier alpha value is -6.49. The monoisotopic (exact) mass is 667 g/mol. The van der Waals surface area contributed by atoms with Crippen LogP contribution in [0.1, 0.15) is 0 Å². The van der Waals surface area contributed by atoms with Crippen molar-refractivity contribution in [2.45, 2.75) is 0 Å². The molecule has 0 spiro atoms. The van der Waals surface area contributed by atoms with E-state index >= 15 is 0 Å². The summed E-state index contributed by atoms with van der Waals surface area (Å²) in [6.45, 7) is 0. The zero-order valence-electron chi connectivity index (χ0n) is 27.5. The highest BCUT2D eigenvalue weighted by molar-refractivity contribution is 7.25. The van der Waals surface area contributed by atoms with E-state index in [4.69, 9.17) is 0 Å². The molecule has 238 valence electrons. The summed E-state index contributed by atoms with van der Waals surface area (Å²) in [5.74, 6) is 0. The third-order valence-electron chi connectivity index (χ3n) is 10.4. The van der Waals surface area contributed by atoms with Crippen molar-refractivity contribution in [3.05, 3.63) is 176 Å². The highest BCUT2D eigenvalue weighted by atomic mass is 32.1. The number of rotatable bonds is 4. The number of benzene rings is 7. The second-order valence-electron chi connectivity index (χ2n) is 13.2. The molecule has 4 heteroatoms. The van der Waals surface area contributed by atoms with Crippen LogP contribution in [0, 0.1) is 0 Å². The van der Waals surface area contributed by atoms with E-state index in [2.05, 4.69) is 178 Å². The maximum Gasteiger partial charge on any atom is 0.0541 e. The number of pyridine rings is 1. The average molecular weight is 668 g/mol. The Labute approximate surface area is 297 Å². The first-order valence-corrected chi connectivity index (χ1v) is 18.1. The van der Waals surface area contributed by atoms with Crippen molar-refractivity contribution in [2.75, 3.05) is 0 Å². The molecule has 0 bridgehead atoms. The maximum atomic E-state index is 4.44.